The molecule has 1 aliphatic heterocycles. The van der Waals surface area contributed by atoms with Crippen molar-refractivity contribution >= 4 is 55.6 Å². The molecular weight excluding hydrogens is 407 g/mol. The smallest absolute Gasteiger partial charge is 0.320 e. The summed E-state index contributed by atoms with van der Waals surface area (Å²) in [6, 6.07) is 8.72. The largest absolute Gasteiger partial charge is 0.467 e. The number of amides is 1. The Balaban J connectivity index is 1.58. The quantitative estimate of drug-likeness (QED) is 0.431. The van der Waals surface area contributed by atoms with E-state index < -0.39 is 5.95 Å². The van der Waals surface area contributed by atoms with Crippen LogP contribution in [0.1, 0.15) is 16.6 Å². The predicted molar refractivity (Wildman–Crippen MR) is 114 cm³/mol. The Kier molecular flexibility index (Phi) is 4.35. The van der Waals surface area contributed by atoms with E-state index in [0.717, 1.165) is 26.7 Å². The van der Waals surface area contributed by atoms with Gasteiger partial charge in [0.2, 0.25) is 5.95 Å². The second-order valence-corrected chi connectivity index (χ2v) is 8.00. The number of hydrogen-bond acceptors (Lipinski definition) is 8. The number of rotatable bonds is 3. The average molecular weight is 424 g/mol. The second kappa shape index (κ2) is 7.06. The summed E-state index contributed by atoms with van der Waals surface area (Å²) in [7, 11) is 1.37. The van der Waals surface area contributed by atoms with Crippen LogP contribution in [0.25, 0.3) is 21.0 Å². The fourth-order valence-corrected chi connectivity index (χ4v) is 4.58. The molecule has 3 N–H and O–H groups in total. The number of carbonyl (C=O) groups excluding carboxylic acids is 1. The summed E-state index contributed by atoms with van der Waals surface area (Å²) in [6.07, 6.45) is 0. The number of nitrogens with zero attached hydrogens (tertiary/aromatic N) is 3. The lowest BCUT2D eigenvalue weighted by atomic mass is 10.1. The van der Waals surface area contributed by atoms with Crippen molar-refractivity contribution in [2.45, 2.75) is 13.0 Å². The third-order valence-electron chi connectivity index (χ3n) is 4.80. The Labute approximate surface area is 174 Å². The molecule has 0 fully saturated rings. The van der Waals surface area contributed by atoms with Crippen LogP contribution in [0.3, 0.4) is 0 Å². The van der Waals surface area contributed by atoms with Crippen LogP contribution in [0.15, 0.2) is 30.3 Å². The molecular formula is C20H17FN6O2S. The maximum atomic E-state index is 13.6. The van der Waals surface area contributed by atoms with Gasteiger partial charge in [0, 0.05) is 34.1 Å². The lowest BCUT2D eigenvalue weighted by Crippen LogP contribution is -2.34. The van der Waals surface area contributed by atoms with Gasteiger partial charge in [0.05, 0.1) is 18.3 Å². The van der Waals surface area contributed by atoms with E-state index in [1.54, 1.807) is 6.07 Å². The maximum absolute atomic E-state index is 13.6. The number of anilines is 3. The zero-order valence-electron chi connectivity index (χ0n) is 16.1. The average Bonchev–Trinajstić information content (AvgIpc) is 3.04. The first-order valence-corrected chi connectivity index (χ1v) is 10.1. The number of aromatic nitrogens is 3. The number of hydrogen-bond donors (Lipinski definition) is 3. The standard InChI is InChI=1S/C20H17FN6O2S/c1-9-8-22-17-16-10-3-6-14(26-15-7-13(21)25-20(27-15)29-2)24-11(10)4-5-12(16)30-18(17)19(28)23-9/h3-7,9,22H,8H2,1-2H3,(H,23,28)(H,24,25,26,27)/t9-/m1/s1. The molecule has 1 amide bonds. The van der Waals surface area contributed by atoms with Crippen LogP contribution in [0.4, 0.5) is 21.7 Å². The van der Waals surface area contributed by atoms with Gasteiger partial charge in [0.25, 0.3) is 5.91 Å². The molecule has 1 atom stereocenters. The highest BCUT2D eigenvalue weighted by molar-refractivity contribution is 7.21. The molecule has 0 saturated heterocycles. The van der Waals surface area contributed by atoms with Crippen LogP contribution in [-0.2, 0) is 0 Å². The number of pyridine rings is 1. The van der Waals surface area contributed by atoms with Crippen molar-refractivity contribution in [3.63, 3.8) is 0 Å². The molecule has 0 aliphatic carbocycles. The van der Waals surface area contributed by atoms with Gasteiger partial charge in [-0.05, 0) is 31.2 Å². The highest BCUT2D eigenvalue weighted by Crippen LogP contribution is 2.41. The van der Waals surface area contributed by atoms with Gasteiger partial charge in [-0.1, -0.05) is 0 Å². The van der Waals surface area contributed by atoms with Gasteiger partial charge in [0.1, 0.15) is 16.5 Å². The number of benzene rings is 1. The van der Waals surface area contributed by atoms with Crippen molar-refractivity contribution in [2.24, 2.45) is 0 Å². The lowest BCUT2D eigenvalue weighted by Gasteiger charge is -2.10. The Morgan fingerprint density at radius 2 is 2.07 bits per heavy atom. The van der Waals surface area contributed by atoms with Crippen LogP contribution >= 0.6 is 11.3 Å². The fraction of sp³-hybridized carbons (Fsp3) is 0.200. The molecule has 1 aromatic carbocycles. The molecule has 0 radical (unpaired) electrons. The van der Waals surface area contributed by atoms with E-state index in [0.29, 0.717) is 17.2 Å². The fourth-order valence-electron chi connectivity index (χ4n) is 3.48. The molecule has 0 saturated carbocycles. The normalized spacial score (nSPS) is 16.0. The molecule has 0 bridgehead atoms. The first-order chi connectivity index (χ1) is 14.5. The van der Waals surface area contributed by atoms with E-state index in [4.69, 9.17) is 4.74 Å². The minimum Gasteiger partial charge on any atom is -0.467 e. The van der Waals surface area contributed by atoms with E-state index in [2.05, 4.69) is 30.9 Å². The predicted octanol–water partition coefficient (Wildman–Crippen LogP) is 3.67. The zero-order chi connectivity index (χ0) is 20.8. The van der Waals surface area contributed by atoms with E-state index in [-0.39, 0.29) is 23.8 Å². The molecule has 8 nitrogen and oxygen atoms in total. The number of methoxy groups -OCH3 is 1. The van der Waals surface area contributed by atoms with E-state index in [9.17, 15) is 9.18 Å². The number of carbonyl (C=O) groups is 1. The van der Waals surface area contributed by atoms with Crippen molar-refractivity contribution < 1.29 is 13.9 Å². The van der Waals surface area contributed by atoms with Crippen LogP contribution < -0.4 is 20.7 Å². The summed E-state index contributed by atoms with van der Waals surface area (Å²) in [5, 5.41) is 11.3. The Morgan fingerprint density at radius 3 is 2.90 bits per heavy atom. The van der Waals surface area contributed by atoms with Crippen molar-refractivity contribution in [1.82, 2.24) is 20.3 Å². The lowest BCUT2D eigenvalue weighted by molar-refractivity contribution is 0.0949. The summed E-state index contributed by atoms with van der Waals surface area (Å²) in [5.41, 5.74) is 1.58. The minimum absolute atomic E-state index is 0.0429. The van der Waals surface area contributed by atoms with Gasteiger partial charge >= 0.3 is 6.01 Å². The van der Waals surface area contributed by atoms with Crippen LogP contribution in [-0.4, -0.2) is 40.6 Å². The molecule has 4 heterocycles. The summed E-state index contributed by atoms with van der Waals surface area (Å²) in [4.78, 5) is 25.5. The highest BCUT2D eigenvalue weighted by atomic mass is 32.1. The minimum atomic E-state index is -0.702. The molecule has 4 aromatic rings. The topological polar surface area (TPSA) is 101 Å². The first kappa shape index (κ1) is 18.5. The summed E-state index contributed by atoms with van der Waals surface area (Å²) < 4.78 is 19.5. The summed E-state index contributed by atoms with van der Waals surface area (Å²) >= 11 is 1.46. The molecule has 30 heavy (non-hydrogen) atoms. The molecule has 1 aliphatic rings. The van der Waals surface area contributed by atoms with Crippen molar-refractivity contribution in [3.05, 3.63) is 41.2 Å². The monoisotopic (exact) mass is 424 g/mol. The van der Waals surface area contributed by atoms with Crippen LogP contribution in [0.2, 0.25) is 0 Å². The first-order valence-electron chi connectivity index (χ1n) is 9.28. The molecule has 10 heteroatoms. The summed E-state index contributed by atoms with van der Waals surface area (Å²) in [6.45, 7) is 2.61. The molecule has 0 unspecified atom stereocenters. The third-order valence-corrected chi connectivity index (χ3v) is 5.96. The maximum Gasteiger partial charge on any atom is 0.320 e. The number of nitrogens with one attached hydrogen (secondary N) is 3. The van der Waals surface area contributed by atoms with Crippen molar-refractivity contribution in [1.29, 1.82) is 0 Å². The van der Waals surface area contributed by atoms with Gasteiger partial charge in [-0.15, -0.1) is 11.3 Å². The SMILES string of the molecule is COc1nc(F)cc(Nc2ccc3c(ccc4sc5c(c43)NC[C@@H](C)NC5=O)n2)n1. The zero-order valence-corrected chi connectivity index (χ0v) is 16.9. The van der Waals surface area contributed by atoms with Crippen LogP contribution in [0, 0.1) is 5.95 Å². The van der Waals surface area contributed by atoms with Gasteiger partial charge in [-0.3, -0.25) is 4.79 Å². The molecule has 152 valence electrons. The van der Waals surface area contributed by atoms with E-state index in [1.807, 2.05) is 25.1 Å². The second-order valence-electron chi connectivity index (χ2n) is 6.95. The molecule has 5 rings (SSSR count). The molecule has 3 aromatic heterocycles. The van der Waals surface area contributed by atoms with Gasteiger partial charge in [-0.2, -0.15) is 14.4 Å². The van der Waals surface area contributed by atoms with Gasteiger partial charge in [-0.25, -0.2) is 4.98 Å². The third kappa shape index (κ3) is 3.14. The number of ether oxygens (including phenoxy) is 1. The van der Waals surface area contributed by atoms with E-state index in [1.165, 1.54) is 24.5 Å². The highest BCUT2D eigenvalue weighted by Gasteiger charge is 2.24. The summed E-state index contributed by atoms with van der Waals surface area (Å²) in [5.74, 6) is -0.0270. The van der Waals surface area contributed by atoms with Gasteiger partial charge < -0.3 is 20.7 Å². The van der Waals surface area contributed by atoms with Crippen molar-refractivity contribution in [3.8, 4) is 6.01 Å². The number of halogens is 1. The van der Waals surface area contributed by atoms with Crippen molar-refractivity contribution in [2.75, 3.05) is 24.3 Å². The number of fused-ring (bicyclic) bond motifs is 5. The Morgan fingerprint density at radius 1 is 1.20 bits per heavy atom. The Bertz CT molecular complexity index is 1310. The number of thiophene rings is 1. The van der Waals surface area contributed by atoms with E-state index >= 15 is 0 Å². The molecule has 0 spiro atoms. The Hall–Kier alpha value is -3.53. The van der Waals surface area contributed by atoms with Gasteiger partial charge in [0.15, 0.2) is 0 Å². The van der Waals surface area contributed by atoms with Crippen LogP contribution in [0.5, 0.6) is 6.01 Å².